The van der Waals surface area contributed by atoms with E-state index in [1.54, 1.807) is 6.21 Å². The normalized spacial score (nSPS) is 16.8. The van der Waals surface area contributed by atoms with Crippen LogP contribution >= 0.6 is 0 Å². The summed E-state index contributed by atoms with van der Waals surface area (Å²) in [4.78, 5) is 13.7. The first-order valence-corrected chi connectivity index (χ1v) is 9.99. The third kappa shape index (κ3) is 5.48. The van der Waals surface area contributed by atoms with Crippen molar-refractivity contribution < 1.29 is 0 Å². The van der Waals surface area contributed by atoms with Crippen LogP contribution in [0.3, 0.4) is 0 Å². The van der Waals surface area contributed by atoms with Crippen molar-refractivity contribution in [2.45, 2.75) is 60.0 Å². The Bertz CT molecular complexity index is 763. The lowest BCUT2D eigenvalue weighted by Crippen LogP contribution is -2.40. The number of hydrogen-bond donors (Lipinski definition) is 0. The van der Waals surface area contributed by atoms with Gasteiger partial charge in [0.05, 0.1) is 5.70 Å². The van der Waals surface area contributed by atoms with Crippen molar-refractivity contribution >= 4 is 18.4 Å². The molecular weight excluding hydrogens is 350 g/mol. The van der Waals surface area contributed by atoms with Gasteiger partial charge in [0.2, 0.25) is 0 Å². The molecule has 0 unspecified atom stereocenters. The maximum atomic E-state index is 4.73. The number of unbranched alkanes of at least 4 members (excludes halogenated alkanes) is 1. The maximum Gasteiger partial charge on any atom is 0.150 e. The molecule has 7 nitrogen and oxygen atoms in total. The Labute approximate surface area is 168 Å². The summed E-state index contributed by atoms with van der Waals surface area (Å²) in [7, 11) is 2.03. The molecule has 28 heavy (non-hydrogen) atoms. The van der Waals surface area contributed by atoms with Gasteiger partial charge in [0.1, 0.15) is 25.5 Å². The van der Waals surface area contributed by atoms with Crippen LogP contribution in [0.15, 0.2) is 50.7 Å². The van der Waals surface area contributed by atoms with Crippen molar-refractivity contribution in [3.8, 4) is 0 Å². The largest absolute Gasteiger partial charge is 0.274 e. The van der Waals surface area contributed by atoms with Crippen LogP contribution in [0.5, 0.6) is 0 Å². The molecule has 0 aromatic carbocycles. The molecule has 0 amide bonds. The van der Waals surface area contributed by atoms with Crippen molar-refractivity contribution in [3.05, 3.63) is 41.4 Å². The molecule has 0 aliphatic carbocycles. The summed E-state index contributed by atoms with van der Waals surface area (Å²) in [6, 6.07) is 2.04. The first-order valence-electron chi connectivity index (χ1n) is 9.99. The number of hydrogen-bond acceptors (Lipinski definition) is 6. The fourth-order valence-electron chi connectivity index (χ4n) is 2.91. The van der Waals surface area contributed by atoms with E-state index >= 15 is 0 Å². The van der Waals surface area contributed by atoms with Gasteiger partial charge in [0, 0.05) is 30.9 Å². The highest BCUT2D eigenvalue weighted by molar-refractivity contribution is 6.06. The van der Waals surface area contributed by atoms with Gasteiger partial charge >= 0.3 is 0 Å². The number of allylic oxidation sites excluding steroid dienone is 3. The Balaban J connectivity index is 0.000000640. The van der Waals surface area contributed by atoms with Gasteiger partial charge < -0.3 is 0 Å². The van der Waals surface area contributed by atoms with Gasteiger partial charge in [-0.3, -0.25) is 4.99 Å². The molecule has 0 spiro atoms. The van der Waals surface area contributed by atoms with Crippen molar-refractivity contribution in [1.29, 1.82) is 0 Å². The molecule has 0 N–H and O–H groups in total. The van der Waals surface area contributed by atoms with Crippen LogP contribution in [-0.4, -0.2) is 51.9 Å². The summed E-state index contributed by atoms with van der Waals surface area (Å²) in [5.41, 5.74) is 3.48. The molecule has 1 aromatic heterocycles. The van der Waals surface area contributed by atoms with Crippen LogP contribution in [-0.2, 0) is 13.1 Å². The molecule has 152 valence electrons. The number of aliphatic imine (C=N–C) groups is 3. The van der Waals surface area contributed by atoms with E-state index in [9.17, 15) is 0 Å². The minimum Gasteiger partial charge on any atom is -0.274 e. The Morgan fingerprint density at radius 3 is 2.68 bits per heavy atom. The van der Waals surface area contributed by atoms with Crippen LogP contribution in [0.2, 0.25) is 0 Å². The first-order chi connectivity index (χ1) is 13.7. The summed E-state index contributed by atoms with van der Waals surface area (Å²) < 4.78 is 1.93. The zero-order valence-corrected chi connectivity index (χ0v) is 17.8. The lowest BCUT2D eigenvalue weighted by molar-refractivity contribution is 0.189. The van der Waals surface area contributed by atoms with Gasteiger partial charge in [-0.05, 0) is 45.9 Å². The highest BCUT2D eigenvalue weighted by atomic mass is 15.7. The molecule has 0 saturated heterocycles. The summed E-state index contributed by atoms with van der Waals surface area (Å²) >= 11 is 0. The number of amidine groups is 1. The monoisotopic (exact) mass is 383 g/mol. The quantitative estimate of drug-likeness (QED) is 0.527. The average Bonchev–Trinajstić information content (AvgIpc) is 3.32. The summed E-state index contributed by atoms with van der Waals surface area (Å²) in [6.07, 6.45) is 13.6. The Morgan fingerprint density at radius 1 is 1.21 bits per heavy atom. The van der Waals surface area contributed by atoms with E-state index in [-0.39, 0.29) is 0 Å². The molecule has 0 bridgehead atoms. The SMILES string of the molecule is C/C=C\C.C/C=N\Cn1nccc1CC1=C(CCCC)C2=NCN(C)N2C=N1. The third-order valence-corrected chi connectivity index (χ3v) is 4.62. The van der Waals surface area contributed by atoms with E-state index in [2.05, 4.69) is 22.0 Å². The molecule has 0 atom stereocenters. The molecular formula is C21H33N7. The van der Waals surface area contributed by atoms with E-state index < -0.39 is 0 Å². The fourth-order valence-corrected chi connectivity index (χ4v) is 2.91. The van der Waals surface area contributed by atoms with Crippen molar-refractivity contribution in [3.63, 3.8) is 0 Å². The van der Waals surface area contributed by atoms with Gasteiger partial charge in [-0.15, -0.1) is 0 Å². The van der Waals surface area contributed by atoms with Crippen molar-refractivity contribution in [2.75, 3.05) is 13.7 Å². The Kier molecular flexibility index (Phi) is 8.81. The van der Waals surface area contributed by atoms with Crippen molar-refractivity contribution in [2.24, 2.45) is 15.0 Å². The lowest BCUT2D eigenvalue weighted by atomic mass is 10.0. The number of nitrogens with zero attached hydrogens (tertiary/aromatic N) is 7. The number of fused-ring (bicyclic) bond motifs is 1. The second kappa shape index (κ2) is 11.3. The molecule has 2 aliphatic heterocycles. The zero-order chi connectivity index (χ0) is 20.4. The summed E-state index contributed by atoms with van der Waals surface area (Å²) in [5.74, 6) is 1.05. The van der Waals surface area contributed by atoms with E-state index in [1.807, 2.05) is 68.3 Å². The van der Waals surface area contributed by atoms with Crippen LogP contribution in [0, 0.1) is 0 Å². The summed E-state index contributed by atoms with van der Waals surface area (Å²) in [5, 5.41) is 8.48. The highest BCUT2D eigenvalue weighted by Gasteiger charge is 2.29. The number of rotatable bonds is 7. The maximum absolute atomic E-state index is 4.73. The predicted octanol–water partition coefficient (Wildman–Crippen LogP) is 4.06. The first kappa shape index (κ1) is 21.8. The zero-order valence-electron chi connectivity index (χ0n) is 17.8. The van der Waals surface area contributed by atoms with Crippen LogP contribution < -0.4 is 0 Å². The van der Waals surface area contributed by atoms with Gasteiger partial charge in [-0.2, -0.15) is 10.1 Å². The second-order valence-corrected chi connectivity index (χ2v) is 6.65. The van der Waals surface area contributed by atoms with Gasteiger partial charge in [0.25, 0.3) is 0 Å². The highest BCUT2D eigenvalue weighted by Crippen LogP contribution is 2.26. The minimum absolute atomic E-state index is 0.552. The Hall–Kier alpha value is -2.54. The van der Waals surface area contributed by atoms with Gasteiger partial charge in [-0.25, -0.2) is 19.7 Å². The van der Waals surface area contributed by atoms with E-state index in [0.717, 1.165) is 42.9 Å². The summed E-state index contributed by atoms with van der Waals surface area (Å²) in [6.45, 7) is 9.37. The molecule has 3 heterocycles. The minimum atomic E-state index is 0.552. The molecule has 1 aromatic rings. The Morgan fingerprint density at radius 2 is 2.00 bits per heavy atom. The van der Waals surface area contributed by atoms with Gasteiger partial charge in [0.15, 0.2) is 0 Å². The molecule has 0 saturated carbocycles. The lowest BCUT2D eigenvalue weighted by Gasteiger charge is -2.28. The fraction of sp³-hybridized carbons (Fsp3) is 0.524. The topological polar surface area (TPSA) is 61.4 Å². The van der Waals surface area contributed by atoms with Crippen LogP contribution in [0.25, 0.3) is 0 Å². The smallest absolute Gasteiger partial charge is 0.150 e. The standard InChI is InChI=1S/C17H25N7.C4H8/c1-4-6-7-15-16(19-13-24-17(15)20-12-22(24)3)10-14-8-9-21-23(14)11-18-5-2;1-3-4-2/h5,8-9,13H,4,6-7,10-12H2,1-3H3;3-4H,1-2H3/b18-5-;4-3-. The molecule has 3 rings (SSSR count). The van der Waals surface area contributed by atoms with Crippen molar-refractivity contribution in [1.82, 2.24) is 19.8 Å². The van der Waals surface area contributed by atoms with E-state index in [1.165, 1.54) is 5.57 Å². The van der Waals surface area contributed by atoms with Crippen LogP contribution in [0.1, 0.15) is 52.7 Å². The average molecular weight is 384 g/mol. The molecule has 0 radical (unpaired) electrons. The van der Waals surface area contributed by atoms with Gasteiger partial charge in [-0.1, -0.05) is 25.5 Å². The second-order valence-electron chi connectivity index (χ2n) is 6.65. The number of aromatic nitrogens is 2. The van der Waals surface area contributed by atoms with E-state index in [4.69, 9.17) is 9.98 Å². The molecule has 2 aliphatic rings. The number of hydrazine groups is 1. The third-order valence-electron chi connectivity index (χ3n) is 4.62. The van der Waals surface area contributed by atoms with Crippen LogP contribution in [0.4, 0.5) is 0 Å². The van der Waals surface area contributed by atoms with E-state index in [0.29, 0.717) is 13.3 Å². The predicted molar refractivity (Wildman–Crippen MR) is 118 cm³/mol. The molecule has 0 fully saturated rings. The molecule has 7 heteroatoms.